The van der Waals surface area contributed by atoms with E-state index in [1.807, 2.05) is 37.3 Å². The van der Waals surface area contributed by atoms with Crippen LogP contribution in [0.2, 0.25) is 0 Å². The second-order valence-electron chi connectivity index (χ2n) is 3.90. The number of nitrogens with zero attached hydrogens (tertiary/aromatic N) is 4. The lowest BCUT2D eigenvalue weighted by atomic mass is 10.1. The number of hydrogen-bond donors (Lipinski definition) is 1. The first-order valence-corrected chi connectivity index (χ1v) is 6.20. The highest BCUT2D eigenvalue weighted by Gasteiger charge is 2.14. The molecule has 0 saturated carbocycles. The van der Waals surface area contributed by atoms with Gasteiger partial charge >= 0.3 is 0 Å². The van der Waals surface area contributed by atoms with Gasteiger partial charge in [0, 0.05) is 5.56 Å². The Balaban J connectivity index is 2.39. The standard InChI is InChI=1S/C12H10BrN5/c1-7-15-12-9(8-5-3-2-4-6-8)16-11(14)10(13)18(12)17-7/h2-6H,14H2,1H3. The van der Waals surface area contributed by atoms with Gasteiger partial charge in [-0.2, -0.15) is 5.10 Å². The van der Waals surface area contributed by atoms with Gasteiger partial charge in [0.2, 0.25) is 0 Å². The van der Waals surface area contributed by atoms with Gasteiger partial charge < -0.3 is 5.73 Å². The summed E-state index contributed by atoms with van der Waals surface area (Å²) in [5.41, 5.74) is 8.28. The Labute approximate surface area is 112 Å². The number of rotatable bonds is 1. The summed E-state index contributed by atoms with van der Waals surface area (Å²) in [6.45, 7) is 1.84. The molecule has 0 radical (unpaired) electrons. The minimum absolute atomic E-state index is 0.395. The summed E-state index contributed by atoms with van der Waals surface area (Å²) < 4.78 is 2.29. The zero-order chi connectivity index (χ0) is 12.7. The first kappa shape index (κ1) is 11.2. The third-order valence-electron chi connectivity index (χ3n) is 2.60. The van der Waals surface area contributed by atoms with Crippen LogP contribution >= 0.6 is 15.9 Å². The molecule has 2 aromatic heterocycles. The predicted octanol–water partition coefficient (Wildman–Crippen LogP) is 2.44. The molecule has 6 heteroatoms. The van der Waals surface area contributed by atoms with E-state index in [2.05, 4.69) is 31.0 Å². The van der Waals surface area contributed by atoms with E-state index in [0.29, 0.717) is 21.9 Å². The van der Waals surface area contributed by atoms with Gasteiger partial charge in [0.15, 0.2) is 16.1 Å². The maximum Gasteiger partial charge on any atom is 0.183 e. The molecule has 0 saturated heterocycles. The smallest absolute Gasteiger partial charge is 0.183 e. The summed E-state index contributed by atoms with van der Waals surface area (Å²) >= 11 is 3.37. The van der Waals surface area contributed by atoms with Gasteiger partial charge in [0.05, 0.1) is 0 Å². The number of hydrogen-bond acceptors (Lipinski definition) is 4. The molecule has 0 aliphatic carbocycles. The Bertz CT molecular complexity index is 720. The molecule has 3 rings (SSSR count). The summed E-state index contributed by atoms with van der Waals surface area (Å²) in [6, 6.07) is 9.81. The van der Waals surface area contributed by atoms with Gasteiger partial charge in [-0.1, -0.05) is 30.3 Å². The largest absolute Gasteiger partial charge is 0.381 e. The molecule has 2 heterocycles. The summed E-state index contributed by atoms with van der Waals surface area (Å²) in [5.74, 6) is 1.08. The van der Waals surface area contributed by atoms with Crippen molar-refractivity contribution >= 4 is 27.4 Å². The van der Waals surface area contributed by atoms with Crippen LogP contribution in [0.3, 0.4) is 0 Å². The van der Waals surface area contributed by atoms with Crippen molar-refractivity contribution in [3.8, 4) is 11.3 Å². The van der Waals surface area contributed by atoms with Crippen LogP contribution in [-0.4, -0.2) is 19.6 Å². The summed E-state index contributed by atoms with van der Waals surface area (Å²) in [5, 5.41) is 4.30. The van der Waals surface area contributed by atoms with Crippen LogP contribution in [0.5, 0.6) is 0 Å². The number of nitrogen functional groups attached to an aromatic ring is 1. The summed E-state index contributed by atoms with van der Waals surface area (Å²) in [7, 11) is 0. The van der Waals surface area contributed by atoms with Gasteiger partial charge in [0.25, 0.3) is 0 Å². The number of benzene rings is 1. The van der Waals surface area contributed by atoms with Crippen LogP contribution in [0.25, 0.3) is 16.9 Å². The number of fused-ring (bicyclic) bond motifs is 1. The lowest BCUT2D eigenvalue weighted by molar-refractivity contribution is 0.902. The zero-order valence-corrected chi connectivity index (χ0v) is 11.2. The topological polar surface area (TPSA) is 69.1 Å². The molecule has 1 aromatic carbocycles. The number of nitrogens with two attached hydrogens (primary N) is 1. The molecule has 0 aliphatic rings. The Hall–Kier alpha value is -1.95. The van der Waals surface area contributed by atoms with E-state index in [4.69, 9.17) is 5.73 Å². The van der Waals surface area contributed by atoms with Gasteiger partial charge in [-0.25, -0.2) is 14.5 Å². The van der Waals surface area contributed by atoms with Gasteiger partial charge in [0.1, 0.15) is 11.5 Å². The fraction of sp³-hybridized carbons (Fsp3) is 0.0833. The van der Waals surface area contributed by atoms with Crippen LogP contribution in [-0.2, 0) is 0 Å². The van der Waals surface area contributed by atoms with Crippen LogP contribution in [0.15, 0.2) is 34.9 Å². The number of aryl methyl sites for hydroxylation is 1. The van der Waals surface area contributed by atoms with E-state index in [-0.39, 0.29) is 0 Å². The van der Waals surface area contributed by atoms with Crippen molar-refractivity contribution in [1.29, 1.82) is 0 Å². The average molecular weight is 304 g/mol. The maximum atomic E-state index is 5.89. The summed E-state index contributed by atoms with van der Waals surface area (Å²) in [6.07, 6.45) is 0. The first-order valence-electron chi connectivity index (χ1n) is 5.40. The van der Waals surface area contributed by atoms with Crippen molar-refractivity contribution in [1.82, 2.24) is 19.6 Å². The molecule has 0 spiro atoms. The van der Waals surface area contributed by atoms with Crippen LogP contribution < -0.4 is 5.73 Å². The first-order chi connectivity index (χ1) is 8.66. The average Bonchev–Trinajstić information content (AvgIpc) is 2.77. The Morgan fingerprint density at radius 2 is 1.89 bits per heavy atom. The number of aromatic nitrogens is 4. The van der Waals surface area contributed by atoms with E-state index in [0.717, 1.165) is 11.3 Å². The summed E-state index contributed by atoms with van der Waals surface area (Å²) in [4.78, 5) is 8.79. The minimum atomic E-state index is 0.395. The molecule has 0 unspecified atom stereocenters. The second-order valence-corrected chi connectivity index (χ2v) is 4.65. The molecule has 90 valence electrons. The van der Waals surface area contributed by atoms with Gasteiger partial charge in [-0.15, -0.1) is 0 Å². The molecule has 0 aliphatic heterocycles. The van der Waals surface area contributed by atoms with E-state index < -0.39 is 0 Å². The van der Waals surface area contributed by atoms with Gasteiger partial charge in [-0.3, -0.25) is 0 Å². The molecule has 0 atom stereocenters. The van der Waals surface area contributed by atoms with Crippen LogP contribution in [0.4, 0.5) is 5.82 Å². The van der Waals surface area contributed by atoms with E-state index in [9.17, 15) is 0 Å². The normalized spacial score (nSPS) is 11.0. The fourth-order valence-corrected chi connectivity index (χ4v) is 2.16. The highest BCUT2D eigenvalue weighted by atomic mass is 79.9. The van der Waals surface area contributed by atoms with Crippen LogP contribution in [0.1, 0.15) is 5.82 Å². The molecule has 2 N–H and O–H groups in total. The van der Waals surface area contributed by atoms with Crippen molar-refractivity contribution in [3.63, 3.8) is 0 Å². The maximum absolute atomic E-state index is 5.89. The molecular formula is C12H10BrN5. The Morgan fingerprint density at radius 3 is 2.61 bits per heavy atom. The zero-order valence-electron chi connectivity index (χ0n) is 9.63. The number of halogens is 1. The number of anilines is 1. The quantitative estimate of drug-likeness (QED) is 0.749. The third-order valence-corrected chi connectivity index (χ3v) is 3.34. The molecule has 0 amide bonds. The van der Waals surface area contributed by atoms with E-state index in [1.54, 1.807) is 4.52 Å². The highest BCUT2D eigenvalue weighted by Crippen LogP contribution is 2.27. The van der Waals surface area contributed by atoms with Crippen molar-refractivity contribution in [3.05, 3.63) is 40.8 Å². The van der Waals surface area contributed by atoms with Crippen molar-refractivity contribution in [2.75, 3.05) is 5.73 Å². The third kappa shape index (κ3) is 1.65. The van der Waals surface area contributed by atoms with Gasteiger partial charge in [-0.05, 0) is 22.9 Å². The molecular weight excluding hydrogens is 294 g/mol. The van der Waals surface area contributed by atoms with Crippen LogP contribution in [0, 0.1) is 6.92 Å². The van der Waals surface area contributed by atoms with Crippen molar-refractivity contribution < 1.29 is 0 Å². The monoisotopic (exact) mass is 303 g/mol. The van der Waals surface area contributed by atoms with Crippen molar-refractivity contribution in [2.45, 2.75) is 6.92 Å². The Kier molecular flexibility index (Phi) is 2.52. The lowest BCUT2D eigenvalue weighted by Crippen LogP contribution is -2.02. The SMILES string of the molecule is Cc1nc2c(-c3ccccc3)nc(N)c(Br)n2n1. The highest BCUT2D eigenvalue weighted by molar-refractivity contribution is 9.10. The second kappa shape index (κ2) is 4.06. The molecule has 5 nitrogen and oxygen atoms in total. The predicted molar refractivity (Wildman–Crippen MR) is 73.1 cm³/mol. The molecule has 0 fully saturated rings. The fourth-order valence-electron chi connectivity index (χ4n) is 1.82. The lowest BCUT2D eigenvalue weighted by Gasteiger charge is -2.06. The molecule has 3 aromatic rings. The van der Waals surface area contributed by atoms with E-state index >= 15 is 0 Å². The van der Waals surface area contributed by atoms with E-state index in [1.165, 1.54) is 0 Å². The van der Waals surface area contributed by atoms with Crippen molar-refractivity contribution in [2.24, 2.45) is 0 Å². The Morgan fingerprint density at radius 1 is 1.17 bits per heavy atom. The minimum Gasteiger partial charge on any atom is -0.381 e. The molecule has 0 bridgehead atoms. The molecule has 18 heavy (non-hydrogen) atoms.